The van der Waals surface area contributed by atoms with Crippen LogP contribution in [-0.2, 0) is 11.3 Å². The summed E-state index contributed by atoms with van der Waals surface area (Å²) in [5.41, 5.74) is 0.755. The van der Waals surface area contributed by atoms with E-state index in [0.717, 1.165) is 5.56 Å². The first-order chi connectivity index (χ1) is 8.56. The molecular formula is C13H15ClFNO2. The second-order valence-corrected chi connectivity index (χ2v) is 5.03. The number of carbonyl (C=O) groups is 1. The Morgan fingerprint density at radius 2 is 2.11 bits per heavy atom. The van der Waals surface area contributed by atoms with Gasteiger partial charge >= 0.3 is 5.97 Å². The highest BCUT2D eigenvalue weighted by atomic mass is 35.5. The van der Waals surface area contributed by atoms with Crippen molar-refractivity contribution in [3.63, 3.8) is 0 Å². The summed E-state index contributed by atoms with van der Waals surface area (Å²) in [4.78, 5) is 12.9. The lowest BCUT2D eigenvalue weighted by molar-refractivity contribution is -0.143. The van der Waals surface area contributed by atoms with Gasteiger partial charge in [-0.1, -0.05) is 11.6 Å². The van der Waals surface area contributed by atoms with Crippen LogP contribution in [0, 0.1) is 11.7 Å². The molecule has 98 valence electrons. The van der Waals surface area contributed by atoms with Crippen molar-refractivity contribution >= 4 is 17.6 Å². The topological polar surface area (TPSA) is 40.5 Å². The first-order valence-electron chi connectivity index (χ1n) is 5.95. The number of benzene rings is 1. The molecule has 2 rings (SSSR count). The van der Waals surface area contributed by atoms with Crippen LogP contribution in [0.4, 0.5) is 4.39 Å². The van der Waals surface area contributed by atoms with Gasteiger partial charge < -0.3 is 5.11 Å². The van der Waals surface area contributed by atoms with Crippen LogP contribution in [0.1, 0.15) is 18.4 Å². The third kappa shape index (κ3) is 3.21. The maximum Gasteiger partial charge on any atom is 0.306 e. The first kappa shape index (κ1) is 13.3. The monoisotopic (exact) mass is 271 g/mol. The van der Waals surface area contributed by atoms with Gasteiger partial charge in [-0.25, -0.2) is 4.39 Å². The number of carboxylic acids is 1. The summed E-state index contributed by atoms with van der Waals surface area (Å²) in [6.45, 7) is 2.00. The molecular weight excluding hydrogens is 257 g/mol. The van der Waals surface area contributed by atoms with Crippen molar-refractivity contribution < 1.29 is 14.3 Å². The number of aliphatic carboxylic acids is 1. The number of carboxylic acid groups (broad SMARTS) is 1. The van der Waals surface area contributed by atoms with Crippen LogP contribution in [0.3, 0.4) is 0 Å². The second-order valence-electron chi connectivity index (χ2n) is 4.62. The van der Waals surface area contributed by atoms with Crippen molar-refractivity contribution in [2.24, 2.45) is 5.92 Å². The lowest BCUT2D eigenvalue weighted by atomic mass is 9.97. The lowest BCUT2D eigenvalue weighted by Gasteiger charge is -2.30. The van der Waals surface area contributed by atoms with E-state index in [0.29, 0.717) is 37.5 Å². The molecule has 18 heavy (non-hydrogen) atoms. The van der Waals surface area contributed by atoms with Crippen LogP contribution in [0.2, 0.25) is 5.02 Å². The third-order valence-electron chi connectivity index (χ3n) is 3.34. The van der Waals surface area contributed by atoms with Crippen molar-refractivity contribution in [2.45, 2.75) is 19.4 Å². The minimum atomic E-state index is -0.724. The molecule has 0 aromatic heterocycles. The number of hydrogen-bond acceptors (Lipinski definition) is 2. The van der Waals surface area contributed by atoms with Crippen molar-refractivity contribution in [1.29, 1.82) is 0 Å². The minimum Gasteiger partial charge on any atom is -0.481 e. The molecule has 1 N–H and O–H groups in total. The molecule has 0 spiro atoms. The maximum absolute atomic E-state index is 13.1. The third-order valence-corrected chi connectivity index (χ3v) is 3.71. The minimum absolute atomic E-state index is 0.246. The number of likely N-dealkylation sites (tertiary alicyclic amines) is 1. The Morgan fingerprint density at radius 1 is 1.44 bits per heavy atom. The highest BCUT2D eigenvalue weighted by Crippen LogP contribution is 2.23. The highest BCUT2D eigenvalue weighted by molar-refractivity contribution is 6.31. The van der Waals surface area contributed by atoms with Crippen LogP contribution in [-0.4, -0.2) is 29.1 Å². The number of nitrogens with zero attached hydrogens (tertiary/aromatic N) is 1. The van der Waals surface area contributed by atoms with Gasteiger partial charge in [0, 0.05) is 11.6 Å². The zero-order chi connectivity index (χ0) is 13.1. The standard InChI is InChI=1S/C13H15ClFNO2/c14-12-2-1-11(15)7-10(12)8-16-5-3-9(4-6-16)13(17)18/h1-2,7,9H,3-6,8H2,(H,17,18). The summed E-state index contributed by atoms with van der Waals surface area (Å²) in [7, 11) is 0. The molecule has 1 saturated heterocycles. The Labute approximate surface area is 110 Å². The second kappa shape index (κ2) is 5.67. The van der Waals surface area contributed by atoms with Crippen molar-refractivity contribution in [2.75, 3.05) is 13.1 Å². The number of rotatable bonds is 3. The fourth-order valence-corrected chi connectivity index (χ4v) is 2.42. The molecule has 1 fully saturated rings. The summed E-state index contributed by atoms with van der Waals surface area (Å²) in [5, 5.41) is 9.46. The van der Waals surface area contributed by atoms with Gasteiger partial charge in [-0.3, -0.25) is 9.69 Å². The van der Waals surface area contributed by atoms with Crippen LogP contribution in [0.5, 0.6) is 0 Å². The zero-order valence-corrected chi connectivity index (χ0v) is 10.7. The van der Waals surface area contributed by atoms with Crippen molar-refractivity contribution in [3.05, 3.63) is 34.6 Å². The van der Waals surface area contributed by atoms with E-state index in [4.69, 9.17) is 16.7 Å². The Balaban J connectivity index is 1.95. The van der Waals surface area contributed by atoms with Crippen LogP contribution in [0.15, 0.2) is 18.2 Å². The number of halogens is 2. The SMILES string of the molecule is O=C(O)C1CCN(Cc2cc(F)ccc2Cl)CC1. The fraction of sp³-hybridized carbons (Fsp3) is 0.462. The molecule has 0 atom stereocenters. The van der Waals surface area contributed by atoms with Gasteiger partial charge in [0.05, 0.1) is 5.92 Å². The van der Waals surface area contributed by atoms with Gasteiger partial charge in [0.2, 0.25) is 0 Å². The quantitative estimate of drug-likeness (QED) is 0.919. The molecule has 5 heteroatoms. The average molecular weight is 272 g/mol. The molecule has 0 saturated carbocycles. The summed E-state index contributed by atoms with van der Waals surface area (Å²) in [6.07, 6.45) is 1.28. The first-order valence-corrected chi connectivity index (χ1v) is 6.33. The average Bonchev–Trinajstić information content (AvgIpc) is 2.34. The van der Waals surface area contributed by atoms with E-state index in [1.54, 1.807) is 6.07 Å². The number of piperidine rings is 1. The van der Waals surface area contributed by atoms with E-state index in [-0.39, 0.29) is 11.7 Å². The molecule has 1 aliphatic heterocycles. The summed E-state index contributed by atoms with van der Waals surface area (Å²) >= 11 is 6.01. The van der Waals surface area contributed by atoms with E-state index in [1.165, 1.54) is 12.1 Å². The Hall–Kier alpha value is -1.13. The molecule has 0 unspecified atom stereocenters. The molecule has 0 bridgehead atoms. The highest BCUT2D eigenvalue weighted by Gasteiger charge is 2.24. The number of hydrogen-bond donors (Lipinski definition) is 1. The lowest BCUT2D eigenvalue weighted by Crippen LogP contribution is -2.35. The fourth-order valence-electron chi connectivity index (χ4n) is 2.24. The normalized spacial score (nSPS) is 17.9. The van der Waals surface area contributed by atoms with Gasteiger partial charge in [-0.2, -0.15) is 0 Å². The Kier molecular flexibility index (Phi) is 4.19. The van der Waals surface area contributed by atoms with Gasteiger partial charge in [-0.05, 0) is 49.7 Å². The predicted octanol–water partition coefficient (Wildman–Crippen LogP) is 2.78. The Bertz CT molecular complexity index is 445. The maximum atomic E-state index is 13.1. The van der Waals surface area contributed by atoms with Gasteiger partial charge in [0.15, 0.2) is 0 Å². The van der Waals surface area contributed by atoms with E-state index in [2.05, 4.69) is 4.90 Å². The molecule has 0 aliphatic carbocycles. The summed E-state index contributed by atoms with van der Waals surface area (Å²) < 4.78 is 13.1. The molecule has 0 amide bonds. The van der Waals surface area contributed by atoms with Crippen LogP contribution in [0.25, 0.3) is 0 Å². The smallest absolute Gasteiger partial charge is 0.306 e. The summed E-state index contributed by atoms with van der Waals surface area (Å²) in [6, 6.07) is 4.32. The van der Waals surface area contributed by atoms with Crippen LogP contribution >= 0.6 is 11.6 Å². The van der Waals surface area contributed by atoms with Crippen molar-refractivity contribution in [1.82, 2.24) is 4.90 Å². The molecule has 0 radical (unpaired) electrons. The molecule has 1 heterocycles. The van der Waals surface area contributed by atoms with E-state index in [1.807, 2.05) is 0 Å². The van der Waals surface area contributed by atoms with E-state index in [9.17, 15) is 9.18 Å². The molecule has 1 aliphatic rings. The van der Waals surface area contributed by atoms with Gasteiger partial charge in [0.25, 0.3) is 0 Å². The molecule has 3 nitrogen and oxygen atoms in total. The Morgan fingerprint density at radius 3 is 2.72 bits per heavy atom. The predicted molar refractivity (Wildman–Crippen MR) is 67.0 cm³/mol. The zero-order valence-electron chi connectivity index (χ0n) is 9.90. The summed E-state index contributed by atoms with van der Waals surface area (Å²) in [5.74, 6) is -1.27. The largest absolute Gasteiger partial charge is 0.481 e. The van der Waals surface area contributed by atoms with Crippen molar-refractivity contribution in [3.8, 4) is 0 Å². The van der Waals surface area contributed by atoms with E-state index < -0.39 is 5.97 Å². The molecule has 1 aromatic carbocycles. The van der Waals surface area contributed by atoms with Crippen LogP contribution < -0.4 is 0 Å². The van der Waals surface area contributed by atoms with E-state index >= 15 is 0 Å². The van der Waals surface area contributed by atoms with Gasteiger partial charge in [0.1, 0.15) is 5.82 Å². The van der Waals surface area contributed by atoms with Gasteiger partial charge in [-0.15, -0.1) is 0 Å². The molecule has 1 aromatic rings.